The van der Waals surface area contributed by atoms with Crippen LogP contribution in [0.2, 0.25) is 0 Å². The first-order chi connectivity index (χ1) is 8.49. The van der Waals surface area contributed by atoms with Crippen molar-refractivity contribution in [3.63, 3.8) is 0 Å². The molecule has 2 rings (SSSR count). The Kier molecular flexibility index (Phi) is 3.71. The van der Waals surface area contributed by atoms with E-state index in [1.165, 1.54) is 36.0 Å². The number of carboxylic acid groups (broad SMARTS) is 1. The second-order valence-corrected chi connectivity index (χ2v) is 5.56. The van der Waals surface area contributed by atoms with Gasteiger partial charge in [-0.2, -0.15) is 0 Å². The Morgan fingerprint density at radius 3 is 2.78 bits per heavy atom. The van der Waals surface area contributed by atoms with E-state index in [2.05, 4.69) is 23.5 Å². The van der Waals surface area contributed by atoms with Crippen LogP contribution in [-0.4, -0.2) is 23.2 Å². The third-order valence-corrected chi connectivity index (χ3v) is 3.68. The van der Waals surface area contributed by atoms with Gasteiger partial charge in [-0.25, -0.2) is 0 Å². The molecule has 0 unspecified atom stereocenters. The van der Waals surface area contributed by atoms with E-state index < -0.39 is 11.5 Å². The van der Waals surface area contributed by atoms with Crippen molar-refractivity contribution in [2.75, 3.05) is 6.54 Å². The smallest absolute Gasteiger partial charge is 0.323 e. The minimum atomic E-state index is -0.850. The van der Waals surface area contributed by atoms with Crippen molar-refractivity contribution in [3.8, 4) is 0 Å². The molecule has 18 heavy (non-hydrogen) atoms. The largest absolute Gasteiger partial charge is 0.480 e. The third kappa shape index (κ3) is 2.91. The van der Waals surface area contributed by atoms with Gasteiger partial charge in [0.1, 0.15) is 5.54 Å². The van der Waals surface area contributed by atoms with Crippen molar-refractivity contribution in [1.82, 2.24) is 5.32 Å². The lowest BCUT2D eigenvalue weighted by molar-refractivity contribution is -0.143. The van der Waals surface area contributed by atoms with Crippen LogP contribution in [0, 0.1) is 0 Å². The van der Waals surface area contributed by atoms with Crippen molar-refractivity contribution in [2.24, 2.45) is 0 Å². The van der Waals surface area contributed by atoms with Crippen molar-refractivity contribution >= 4 is 5.97 Å². The summed E-state index contributed by atoms with van der Waals surface area (Å²) >= 11 is 0. The molecule has 3 nitrogen and oxygen atoms in total. The summed E-state index contributed by atoms with van der Waals surface area (Å²) in [6.07, 6.45) is 4.55. The molecule has 0 atom stereocenters. The highest BCUT2D eigenvalue weighted by molar-refractivity contribution is 5.77. The van der Waals surface area contributed by atoms with Crippen LogP contribution in [0.5, 0.6) is 0 Å². The Hall–Kier alpha value is -1.35. The molecule has 0 saturated heterocycles. The van der Waals surface area contributed by atoms with Gasteiger partial charge >= 0.3 is 5.97 Å². The Morgan fingerprint density at radius 1 is 1.33 bits per heavy atom. The van der Waals surface area contributed by atoms with E-state index in [4.69, 9.17) is 5.11 Å². The SMILES string of the molecule is CC(C)(NCCc1ccc2c(c1)CCC2)C(=O)O. The lowest BCUT2D eigenvalue weighted by atomic mass is 10.0. The lowest BCUT2D eigenvalue weighted by Crippen LogP contribution is -2.47. The molecule has 0 heterocycles. The molecule has 0 aromatic heterocycles. The summed E-state index contributed by atoms with van der Waals surface area (Å²) in [6, 6.07) is 6.66. The zero-order valence-corrected chi connectivity index (χ0v) is 11.1. The number of benzene rings is 1. The van der Waals surface area contributed by atoms with E-state index in [1.54, 1.807) is 13.8 Å². The van der Waals surface area contributed by atoms with E-state index in [-0.39, 0.29) is 0 Å². The molecular formula is C15H21NO2. The van der Waals surface area contributed by atoms with Gasteiger partial charge < -0.3 is 10.4 Å². The van der Waals surface area contributed by atoms with Crippen molar-refractivity contribution in [2.45, 2.75) is 45.1 Å². The van der Waals surface area contributed by atoms with E-state index in [0.29, 0.717) is 6.54 Å². The van der Waals surface area contributed by atoms with Gasteiger partial charge in [0.15, 0.2) is 0 Å². The molecule has 0 amide bonds. The van der Waals surface area contributed by atoms with E-state index in [0.717, 1.165) is 6.42 Å². The summed E-state index contributed by atoms with van der Waals surface area (Å²) in [5.41, 5.74) is 3.41. The molecule has 0 fully saturated rings. The van der Waals surface area contributed by atoms with Gasteiger partial charge in [0.2, 0.25) is 0 Å². The minimum Gasteiger partial charge on any atom is -0.480 e. The molecule has 3 heteroatoms. The first kappa shape index (κ1) is 13.1. The van der Waals surface area contributed by atoms with Gasteiger partial charge in [-0.15, -0.1) is 0 Å². The molecule has 0 spiro atoms. The van der Waals surface area contributed by atoms with Crippen molar-refractivity contribution < 1.29 is 9.90 Å². The summed E-state index contributed by atoms with van der Waals surface area (Å²) in [5, 5.41) is 12.1. The van der Waals surface area contributed by atoms with Gasteiger partial charge in [0.25, 0.3) is 0 Å². The fourth-order valence-electron chi connectivity index (χ4n) is 2.38. The predicted octanol–water partition coefficient (Wildman–Crippen LogP) is 2.17. The molecular weight excluding hydrogens is 226 g/mol. The molecule has 0 bridgehead atoms. The predicted molar refractivity (Wildman–Crippen MR) is 71.9 cm³/mol. The average molecular weight is 247 g/mol. The van der Waals surface area contributed by atoms with Crippen LogP contribution in [0.3, 0.4) is 0 Å². The van der Waals surface area contributed by atoms with Gasteiger partial charge in [0.05, 0.1) is 0 Å². The van der Waals surface area contributed by atoms with E-state index in [1.807, 2.05) is 0 Å². The number of fused-ring (bicyclic) bond motifs is 1. The number of hydrogen-bond donors (Lipinski definition) is 2. The second kappa shape index (κ2) is 5.11. The first-order valence-electron chi connectivity index (χ1n) is 6.58. The van der Waals surface area contributed by atoms with Crippen LogP contribution < -0.4 is 5.32 Å². The number of aryl methyl sites for hydroxylation is 2. The normalized spacial score (nSPS) is 14.6. The molecule has 1 aromatic rings. The molecule has 1 aliphatic rings. The molecule has 0 aliphatic heterocycles. The fraction of sp³-hybridized carbons (Fsp3) is 0.533. The molecule has 1 aromatic carbocycles. The highest BCUT2D eigenvalue weighted by Gasteiger charge is 2.25. The number of carbonyl (C=O) groups is 1. The van der Waals surface area contributed by atoms with Gasteiger partial charge in [-0.3, -0.25) is 4.79 Å². The molecule has 0 radical (unpaired) electrons. The van der Waals surface area contributed by atoms with Crippen molar-refractivity contribution in [1.29, 1.82) is 0 Å². The van der Waals surface area contributed by atoms with E-state index >= 15 is 0 Å². The quantitative estimate of drug-likeness (QED) is 0.838. The van der Waals surface area contributed by atoms with Crippen molar-refractivity contribution in [3.05, 3.63) is 34.9 Å². The standard InChI is InChI=1S/C15H21NO2/c1-15(2,14(17)18)16-9-8-11-6-7-12-4-3-5-13(12)10-11/h6-7,10,16H,3-5,8-9H2,1-2H3,(H,17,18). The molecule has 1 aliphatic carbocycles. The number of rotatable bonds is 5. The Balaban J connectivity index is 1.89. The summed E-state index contributed by atoms with van der Waals surface area (Å²) in [6.45, 7) is 4.08. The zero-order valence-electron chi connectivity index (χ0n) is 11.1. The number of nitrogens with one attached hydrogen (secondary N) is 1. The minimum absolute atomic E-state index is 0.693. The summed E-state index contributed by atoms with van der Waals surface area (Å²) < 4.78 is 0. The summed E-state index contributed by atoms with van der Waals surface area (Å²) in [7, 11) is 0. The maximum Gasteiger partial charge on any atom is 0.323 e. The molecule has 2 N–H and O–H groups in total. The van der Waals surface area contributed by atoms with Crippen LogP contribution in [0.4, 0.5) is 0 Å². The maximum atomic E-state index is 11.0. The summed E-state index contributed by atoms with van der Waals surface area (Å²) in [5.74, 6) is -0.809. The van der Waals surface area contributed by atoms with Crippen LogP contribution in [0.25, 0.3) is 0 Å². The third-order valence-electron chi connectivity index (χ3n) is 3.68. The Labute approximate surface area is 108 Å². The van der Waals surface area contributed by atoms with Crippen LogP contribution >= 0.6 is 0 Å². The first-order valence-corrected chi connectivity index (χ1v) is 6.58. The Morgan fingerprint density at radius 2 is 2.06 bits per heavy atom. The monoisotopic (exact) mass is 247 g/mol. The van der Waals surface area contributed by atoms with Crippen LogP contribution in [0.1, 0.15) is 37.0 Å². The van der Waals surface area contributed by atoms with E-state index in [9.17, 15) is 4.79 Å². The Bertz CT molecular complexity index is 452. The van der Waals surface area contributed by atoms with Gasteiger partial charge in [-0.1, -0.05) is 18.2 Å². The zero-order chi connectivity index (χ0) is 13.2. The maximum absolute atomic E-state index is 11.0. The van der Waals surface area contributed by atoms with Crippen LogP contribution in [-0.2, 0) is 24.1 Å². The van der Waals surface area contributed by atoms with Gasteiger partial charge in [0, 0.05) is 6.54 Å². The molecule has 98 valence electrons. The number of carboxylic acids is 1. The second-order valence-electron chi connectivity index (χ2n) is 5.56. The number of aliphatic carboxylic acids is 1. The topological polar surface area (TPSA) is 49.3 Å². The summed E-state index contributed by atoms with van der Waals surface area (Å²) in [4.78, 5) is 11.0. The highest BCUT2D eigenvalue weighted by Crippen LogP contribution is 2.22. The number of hydrogen-bond acceptors (Lipinski definition) is 2. The van der Waals surface area contributed by atoms with Gasteiger partial charge in [-0.05, 0) is 56.2 Å². The van der Waals surface area contributed by atoms with Crippen LogP contribution in [0.15, 0.2) is 18.2 Å². The average Bonchev–Trinajstić information content (AvgIpc) is 2.75. The lowest BCUT2D eigenvalue weighted by Gasteiger charge is -2.21. The fourth-order valence-corrected chi connectivity index (χ4v) is 2.38. The molecule has 0 saturated carbocycles. The highest BCUT2D eigenvalue weighted by atomic mass is 16.4.